The maximum atomic E-state index is 13.0. The van der Waals surface area contributed by atoms with Gasteiger partial charge in [0, 0.05) is 38.2 Å². The fourth-order valence-corrected chi connectivity index (χ4v) is 10.2. The molecule has 1 saturated heterocycles. The number of hydrogen-bond acceptors (Lipinski definition) is 9. The van der Waals surface area contributed by atoms with Crippen LogP contribution in [0.4, 0.5) is 5.69 Å². The van der Waals surface area contributed by atoms with Gasteiger partial charge >= 0.3 is 11.9 Å². The number of rotatable bonds is 49. The van der Waals surface area contributed by atoms with E-state index < -0.39 is 0 Å². The first-order chi connectivity index (χ1) is 33.3. The van der Waals surface area contributed by atoms with E-state index in [9.17, 15) is 19.2 Å². The molecule has 68 heavy (non-hydrogen) atoms. The van der Waals surface area contributed by atoms with E-state index in [2.05, 4.69) is 37.9 Å². The quantitative estimate of drug-likeness (QED) is 0.0388. The number of nitrogens with one attached hydrogen (secondary N) is 1. The second-order valence-electron chi connectivity index (χ2n) is 20.9. The largest absolute Gasteiger partial charge is 0.462 e. The van der Waals surface area contributed by atoms with E-state index >= 15 is 0 Å². The molecule has 0 aliphatic carbocycles. The van der Waals surface area contributed by atoms with Gasteiger partial charge in [-0.2, -0.15) is 0 Å². The molecule has 1 aliphatic heterocycles. The SMILES string of the molecule is CCCCCCCCC(CCC)OC(=O)CCCCCCCN(CCCCCCCC(=O)OC(CCCCCCCC)CCCCCCCC)CCCNc1c(CCC2CCOCC2)c(=O)c1=O. The van der Waals surface area contributed by atoms with Gasteiger partial charge in [0.1, 0.15) is 12.2 Å². The minimum atomic E-state index is -0.347. The highest BCUT2D eigenvalue weighted by Crippen LogP contribution is 2.23. The van der Waals surface area contributed by atoms with Crippen molar-refractivity contribution in [2.45, 2.75) is 297 Å². The highest BCUT2D eigenvalue weighted by atomic mass is 16.5. The monoisotopic (exact) mass is 957 g/mol. The lowest BCUT2D eigenvalue weighted by Crippen LogP contribution is -2.39. The molecule has 9 heteroatoms. The molecular weight excluding hydrogens is 849 g/mol. The van der Waals surface area contributed by atoms with Gasteiger partial charge in [-0.3, -0.25) is 19.2 Å². The molecule has 1 aromatic carbocycles. The van der Waals surface area contributed by atoms with Gasteiger partial charge in [-0.05, 0) is 128 Å². The van der Waals surface area contributed by atoms with E-state index in [1.807, 2.05) is 0 Å². The maximum absolute atomic E-state index is 13.0. The summed E-state index contributed by atoms with van der Waals surface area (Å²) in [6, 6.07) is 0. The summed E-state index contributed by atoms with van der Waals surface area (Å²) in [6.45, 7) is 14.3. The highest BCUT2D eigenvalue weighted by Gasteiger charge is 2.23. The number of nitrogens with zero attached hydrogens (tertiary/aromatic N) is 1. The number of esters is 2. The minimum Gasteiger partial charge on any atom is -0.462 e. The molecule has 2 rings (SSSR count). The number of carbonyl (C=O) groups excluding carboxylic acids is 2. The van der Waals surface area contributed by atoms with Crippen molar-refractivity contribution in [3.8, 4) is 0 Å². The molecule has 1 aliphatic rings. The first-order valence-electron chi connectivity index (χ1n) is 29.6. The van der Waals surface area contributed by atoms with E-state index in [-0.39, 0.29) is 35.0 Å². The predicted molar refractivity (Wildman–Crippen MR) is 287 cm³/mol. The van der Waals surface area contributed by atoms with E-state index in [1.54, 1.807) is 0 Å². The lowest BCUT2D eigenvalue weighted by Gasteiger charge is -2.23. The molecule has 0 bridgehead atoms. The summed E-state index contributed by atoms with van der Waals surface area (Å²) in [5.74, 6) is 0.555. The van der Waals surface area contributed by atoms with Crippen LogP contribution in [0.25, 0.3) is 0 Å². The van der Waals surface area contributed by atoms with Gasteiger partial charge in [0.15, 0.2) is 0 Å². The Morgan fingerprint density at radius 1 is 0.515 bits per heavy atom. The van der Waals surface area contributed by atoms with Crippen molar-refractivity contribution in [1.82, 2.24) is 4.90 Å². The van der Waals surface area contributed by atoms with E-state index in [1.165, 1.54) is 109 Å². The molecule has 1 heterocycles. The van der Waals surface area contributed by atoms with Crippen LogP contribution >= 0.6 is 0 Å². The topological polar surface area (TPSA) is 111 Å². The van der Waals surface area contributed by atoms with Crippen molar-refractivity contribution in [3.05, 3.63) is 26.0 Å². The Kier molecular flexibility index (Phi) is 39.6. The second kappa shape index (κ2) is 43.5. The van der Waals surface area contributed by atoms with Crippen LogP contribution in [0.5, 0.6) is 0 Å². The Hall–Kier alpha value is -2.26. The van der Waals surface area contributed by atoms with Crippen molar-refractivity contribution in [1.29, 1.82) is 0 Å². The normalized spacial score (nSPS) is 13.8. The van der Waals surface area contributed by atoms with Gasteiger partial charge in [0.05, 0.1) is 5.69 Å². The zero-order valence-corrected chi connectivity index (χ0v) is 45.1. The van der Waals surface area contributed by atoms with Crippen LogP contribution in [0.3, 0.4) is 0 Å². The first kappa shape index (κ1) is 61.9. The number of ether oxygens (including phenoxy) is 3. The van der Waals surface area contributed by atoms with Crippen molar-refractivity contribution in [3.63, 3.8) is 0 Å². The van der Waals surface area contributed by atoms with Crippen LogP contribution in [0, 0.1) is 5.92 Å². The van der Waals surface area contributed by atoms with Gasteiger partial charge in [-0.15, -0.1) is 0 Å². The highest BCUT2D eigenvalue weighted by molar-refractivity contribution is 5.69. The predicted octanol–water partition coefficient (Wildman–Crippen LogP) is 15.3. The Labute approximate surface area is 418 Å². The van der Waals surface area contributed by atoms with Crippen LogP contribution in [0.2, 0.25) is 0 Å². The number of hydrogen-bond donors (Lipinski definition) is 1. The minimum absolute atomic E-state index is 0.00118. The van der Waals surface area contributed by atoms with E-state index in [0.717, 1.165) is 161 Å². The van der Waals surface area contributed by atoms with Crippen LogP contribution in [-0.4, -0.2) is 68.4 Å². The molecule has 1 atom stereocenters. The van der Waals surface area contributed by atoms with Crippen molar-refractivity contribution in [2.24, 2.45) is 5.92 Å². The van der Waals surface area contributed by atoms with Gasteiger partial charge in [0.2, 0.25) is 10.9 Å². The molecule has 0 spiro atoms. The summed E-state index contributed by atoms with van der Waals surface area (Å²) in [5.41, 5.74) is 0.622. The third-order valence-corrected chi connectivity index (χ3v) is 14.7. The third kappa shape index (κ3) is 31.9. The molecule has 1 unspecified atom stereocenters. The van der Waals surface area contributed by atoms with Crippen molar-refractivity contribution >= 4 is 17.6 Å². The van der Waals surface area contributed by atoms with Crippen LogP contribution in [-0.2, 0) is 30.2 Å². The van der Waals surface area contributed by atoms with Gasteiger partial charge in [-0.1, -0.05) is 169 Å². The van der Waals surface area contributed by atoms with E-state index in [0.29, 0.717) is 43.0 Å². The molecule has 1 aromatic rings. The number of anilines is 1. The smallest absolute Gasteiger partial charge is 0.306 e. The molecule has 1 N–H and O–H groups in total. The number of carbonyl (C=O) groups is 2. The van der Waals surface area contributed by atoms with Crippen molar-refractivity contribution in [2.75, 3.05) is 44.7 Å². The van der Waals surface area contributed by atoms with Crippen LogP contribution < -0.4 is 16.2 Å². The Balaban J connectivity index is 1.76. The van der Waals surface area contributed by atoms with Crippen LogP contribution in [0.1, 0.15) is 284 Å². The zero-order valence-electron chi connectivity index (χ0n) is 45.1. The standard InChI is InChI=1S/C59H108N2O7/c1-5-9-12-15-20-27-36-52(35-8-4)67-55(62)39-30-23-18-25-32-46-61(48-34-45-60-57-54(58(64)59(57)65)42-41-51-43-49-66-50-44-51)47-33-26-19-24-31-40-56(63)68-53(37-28-21-16-13-10-6-2)38-29-22-17-14-11-7-3/h51-53,60H,5-50H2,1-4H3. The summed E-state index contributed by atoms with van der Waals surface area (Å²) in [5, 5.41) is 3.36. The lowest BCUT2D eigenvalue weighted by atomic mass is 9.91. The molecule has 9 nitrogen and oxygen atoms in total. The molecule has 0 amide bonds. The fourth-order valence-electron chi connectivity index (χ4n) is 10.2. The maximum Gasteiger partial charge on any atom is 0.306 e. The van der Waals surface area contributed by atoms with Gasteiger partial charge in [-0.25, -0.2) is 0 Å². The van der Waals surface area contributed by atoms with Gasteiger partial charge < -0.3 is 24.4 Å². The molecule has 0 aromatic heterocycles. The van der Waals surface area contributed by atoms with Gasteiger partial charge in [0.25, 0.3) is 0 Å². The summed E-state index contributed by atoms with van der Waals surface area (Å²) >= 11 is 0. The van der Waals surface area contributed by atoms with Crippen molar-refractivity contribution < 1.29 is 23.8 Å². The lowest BCUT2D eigenvalue weighted by molar-refractivity contribution is -0.151. The molecule has 396 valence electrons. The summed E-state index contributed by atoms with van der Waals surface area (Å²) in [6.07, 6.45) is 44.4. The zero-order chi connectivity index (χ0) is 49.1. The Morgan fingerprint density at radius 2 is 0.926 bits per heavy atom. The second-order valence-corrected chi connectivity index (χ2v) is 20.9. The molecular formula is C59H108N2O7. The summed E-state index contributed by atoms with van der Waals surface area (Å²) in [7, 11) is 0. The number of unbranched alkanes of at least 4 members (excludes halogenated alkanes) is 23. The summed E-state index contributed by atoms with van der Waals surface area (Å²) in [4.78, 5) is 53.2. The van der Waals surface area contributed by atoms with Crippen LogP contribution in [0.15, 0.2) is 9.59 Å². The molecule has 1 fully saturated rings. The first-order valence-corrected chi connectivity index (χ1v) is 29.6. The summed E-state index contributed by atoms with van der Waals surface area (Å²) < 4.78 is 17.5. The Morgan fingerprint density at radius 3 is 1.40 bits per heavy atom. The fraction of sp³-hybridized carbons (Fsp3) is 0.898. The molecule has 0 radical (unpaired) electrons. The average Bonchev–Trinajstić information content (AvgIpc) is 3.34. The third-order valence-electron chi connectivity index (χ3n) is 14.7. The Bertz CT molecular complexity index is 1390. The average molecular weight is 958 g/mol. The molecule has 0 saturated carbocycles. The van der Waals surface area contributed by atoms with E-state index in [4.69, 9.17) is 14.2 Å².